The molecule has 1 heterocycles. The lowest BCUT2D eigenvalue weighted by atomic mass is 9.85. The Morgan fingerprint density at radius 1 is 1.08 bits per heavy atom. The van der Waals surface area contributed by atoms with E-state index in [2.05, 4.69) is 12.2 Å². The van der Waals surface area contributed by atoms with Crippen LogP contribution in [0.15, 0.2) is 42.5 Å². The summed E-state index contributed by atoms with van der Waals surface area (Å²) in [5.41, 5.74) is 1.16. The van der Waals surface area contributed by atoms with Crippen LogP contribution < -0.4 is 0 Å². The van der Waals surface area contributed by atoms with Crippen molar-refractivity contribution in [1.29, 1.82) is 0 Å². The summed E-state index contributed by atoms with van der Waals surface area (Å²) >= 11 is 0. The lowest BCUT2D eigenvalue weighted by molar-refractivity contribution is -0.146. The lowest BCUT2D eigenvalue weighted by Crippen LogP contribution is -2.43. The molecule has 4 rings (SSSR count). The summed E-state index contributed by atoms with van der Waals surface area (Å²) < 4.78 is 0. The minimum Gasteiger partial charge on any atom is -0.344 e. The second-order valence-electron chi connectivity index (χ2n) is 7.31. The molecule has 3 aliphatic rings. The molecule has 0 spiro atoms. The largest absolute Gasteiger partial charge is 0.344 e. The third-order valence-electron chi connectivity index (χ3n) is 5.86. The number of imide groups is 1. The van der Waals surface area contributed by atoms with E-state index in [9.17, 15) is 14.4 Å². The maximum atomic E-state index is 12.6. The van der Waals surface area contributed by atoms with Gasteiger partial charge in [0.05, 0.1) is 11.8 Å². The number of likely N-dealkylation sites (N-methyl/N-ethyl adjacent to an activating group) is 1. The number of fused-ring (bicyclic) bond motifs is 5. The van der Waals surface area contributed by atoms with Crippen molar-refractivity contribution in [2.45, 2.75) is 12.8 Å². The van der Waals surface area contributed by atoms with E-state index in [0.717, 1.165) is 18.4 Å². The van der Waals surface area contributed by atoms with Crippen LogP contribution in [0, 0.1) is 23.7 Å². The van der Waals surface area contributed by atoms with Crippen molar-refractivity contribution >= 4 is 17.7 Å². The smallest absolute Gasteiger partial charge is 0.242 e. The number of nitrogens with zero attached hydrogens (tertiary/aromatic N) is 2. The van der Waals surface area contributed by atoms with Crippen LogP contribution in [-0.4, -0.2) is 47.7 Å². The molecule has 2 bridgehead atoms. The van der Waals surface area contributed by atoms with Gasteiger partial charge in [0, 0.05) is 13.6 Å². The van der Waals surface area contributed by atoms with Crippen LogP contribution in [0.25, 0.3) is 0 Å². The van der Waals surface area contributed by atoms with E-state index in [0.29, 0.717) is 6.54 Å². The summed E-state index contributed by atoms with van der Waals surface area (Å²) in [6.45, 7) is 0.439. The van der Waals surface area contributed by atoms with Crippen LogP contribution in [0.2, 0.25) is 0 Å². The van der Waals surface area contributed by atoms with Crippen molar-refractivity contribution in [3.8, 4) is 0 Å². The predicted octanol–water partition coefficient (Wildman–Crippen LogP) is 1.49. The minimum absolute atomic E-state index is 0.130. The van der Waals surface area contributed by atoms with Gasteiger partial charge in [-0.15, -0.1) is 0 Å². The van der Waals surface area contributed by atoms with E-state index < -0.39 is 0 Å². The lowest BCUT2D eigenvalue weighted by Gasteiger charge is -2.22. The van der Waals surface area contributed by atoms with Crippen molar-refractivity contribution in [3.05, 3.63) is 48.0 Å². The number of carbonyl (C=O) groups is 3. The van der Waals surface area contributed by atoms with Gasteiger partial charge in [0.15, 0.2) is 0 Å². The molecule has 4 atom stereocenters. The van der Waals surface area contributed by atoms with Crippen molar-refractivity contribution in [2.75, 3.05) is 20.1 Å². The van der Waals surface area contributed by atoms with Crippen LogP contribution in [0.4, 0.5) is 0 Å². The number of carbonyl (C=O) groups excluding carboxylic acids is 3. The molecule has 0 radical (unpaired) electrons. The molecular weight excluding hydrogens is 316 g/mol. The summed E-state index contributed by atoms with van der Waals surface area (Å²) in [6, 6.07) is 9.95. The molecule has 0 unspecified atom stereocenters. The highest BCUT2D eigenvalue weighted by Crippen LogP contribution is 2.52. The Morgan fingerprint density at radius 2 is 1.68 bits per heavy atom. The molecule has 1 aromatic carbocycles. The molecule has 3 amide bonds. The van der Waals surface area contributed by atoms with Crippen molar-refractivity contribution in [3.63, 3.8) is 0 Å². The van der Waals surface area contributed by atoms with Crippen molar-refractivity contribution < 1.29 is 14.4 Å². The molecule has 0 aromatic heterocycles. The van der Waals surface area contributed by atoms with E-state index in [1.807, 2.05) is 30.3 Å². The second-order valence-corrected chi connectivity index (χ2v) is 7.31. The van der Waals surface area contributed by atoms with Gasteiger partial charge in [-0.3, -0.25) is 19.3 Å². The third kappa shape index (κ3) is 2.68. The third-order valence-corrected chi connectivity index (χ3v) is 5.86. The van der Waals surface area contributed by atoms with Gasteiger partial charge in [0.1, 0.15) is 6.54 Å². The average Bonchev–Trinajstić information content (AvgIpc) is 3.30. The van der Waals surface area contributed by atoms with Gasteiger partial charge in [0.2, 0.25) is 17.7 Å². The van der Waals surface area contributed by atoms with Gasteiger partial charge in [-0.1, -0.05) is 42.5 Å². The van der Waals surface area contributed by atoms with Crippen molar-refractivity contribution in [1.82, 2.24) is 9.80 Å². The van der Waals surface area contributed by atoms with Gasteiger partial charge >= 0.3 is 0 Å². The van der Waals surface area contributed by atoms with Crippen LogP contribution in [0.1, 0.15) is 12.0 Å². The van der Waals surface area contributed by atoms with Crippen LogP contribution in [0.5, 0.6) is 0 Å². The second kappa shape index (κ2) is 6.14. The Bertz CT molecular complexity index is 713. The molecule has 1 saturated heterocycles. The Hall–Kier alpha value is -2.43. The molecule has 1 aromatic rings. The first-order valence-electron chi connectivity index (χ1n) is 8.87. The Kier molecular flexibility index (Phi) is 3.94. The maximum Gasteiger partial charge on any atom is 0.242 e. The molecule has 1 saturated carbocycles. The first-order valence-corrected chi connectivity index (χ1v) is 8.87. The SMILES string of the molecule is CN(CCc1ccccc1)C(=O)CN1C(=O)[C@@H]2[C@@H](C1=O)[C@H]1C=C[C@H]2C1. The van der Waals surface area contributed by atoms with Gasteiger partial charge < -0.3 is 4.90 Å². The molecule has 5 heteroatoms. The first-order chi connectivity index (χ1) is 12.1. The molecule has 1 aliphatic heterocycles. The normalized spacial score (nSPS) is 29.4. The highest BCUT2D eigenvalue weighted by atomic mass is 16.2. The monoisotopic (exact) mass is 338 g/mol. The summed E-state index contributed by atoms with van der Waals surface area (Å²) in [5.74, 6) is -0.592. The van der Waals surface area contributed by atoms with E-state index >= 15 is 0 Å². The van der Waals surface area contributed by atoms with Gasteiger partial charge in [-0.05, 0) is 30.2 Å². The molecule has 5 nitrogen and oxygen atoms in total. The molecule has 0 N–H and O–H groups in total. The number of likely N-dealkylation sites (tertiary alicyclic amines) is 1. The molecule has 2 fully saturated rings. The fraction of sp³-hybridized carbons (Fsp3) is 0.450. The topological polar surface area (TPSA) is 57.7 Å². The summed E-state index contributed by atoms with van der Waals surface area (Å²) in [4.78, 5) is 40.5. The first kappa shape index (κ1) is 16.1. The zero-order valence-corrected chi connectivity index (χ0v) is 14.3. The zero-order chi connectivity index (χ0) is 17.6. The zero-order valence-electron chi connectivity index (χ0n) is 14.3. The quantitative estimate of drug-likeness (QED) is 0.604. The maximum absolute atomic E-state index is 12.6. The number of rotatable bonds is 5. The Balaban J connectivity index is 1.36. The summed E-state index contributed by atoms with van der Waals surface area (Å²) in [7, 11) is 1.72. The van der Waals surface area contributed by atoms with Gasteiger partial charge in [0.25, 0.3) is 0 Å². The number of allylic oxidation sites excluding steroid dienone is 2. The highest BCUT2D eigenvalue weighted by molar-refractivity contribution is 6.08. The molecule has 130 valence electrons. The Labute approximate surface area is 147 Å². The van der Waals surface area contributed by atoms with Crippen molar-refractivity contribution in [2.24, 2.45) is 23.7 Å². The van der Waals surface area contributed by atoms with E-state index in [1.54, 1.807) is 11.9 Å². The predicted molar refractivity (Wildman–Crippen MR) is 92.2 cm³/mol. The molecular formula is C20H22N2O3. The van der Waals surface area contributed by atoms with E-state index in [4.69, 9.17) is 0 Å². The fourth-order valence-electron chi connectivity index (χ4n) is 4.44. The average molecular weight is 338 g/mol. The standard InChI is InChI=1S/C20H22N2O3/c1-21(10-9-13-5-3-2-4-6-13)16(23)12-22-19(24)17-14-7-8-15(11-14)18(17)20(22)25/h2-8,14-15,17-18H,9-12H2,1H3/t14-,15-,17-,18-/m0/s1. The Morgan fingerprint density at radius 3 is 2.28 bits per heavy atom. The van der Waals surface area contributed by atoms with Crippen LogP contribution in [0.3, 0.4) is 0 Å². The number of hydrogen-bond donors (Lipinski definition) is 0. The van der Waals surface area contributed by atoms with E-state index in [1.165, 1.54) is 4.90 Å². The van der Waals surface area contributed by atoms with E-state index in [-0.39, 0.29) is 47.9 Å². The number of hydrogen-bond acceptors (Lipinski definition) is 3. The molecule has 2 aliphatic carbocycles. The summed E-state index contributed by atoms with van der Waals surface area (Å²) in [5, 5.41) is 0. The number of benzene rings is 1. The highest BCUT2D eigenvalue weighted by Gasteiger charge is 2.59. The minimum atomic E-state index is -0.232. The van der Waals surface area contributed by atoms with Gasteiger partial charge in [-0.2, -0.15) is 0 Å². The fourth-order valence-corrected chi connectivity index (χ4v) is 4.44. The van der Waals surface area contributed by atoms with Crippen LogP contribution >= 0.6 is 0 Å². The summed E-state index contributed by atoms with van der Waals surface area (Å²) in [6.07, 6.45) is 5.79. The van der Waals surface area contributed by atoms with Gasteiger partial charge in [-0.25, -0.2) is 0 Å². The number of amides is 3. The molecule has 25 heavy (non-hydrogen) atoms. The van der Waals surface area contributed by atoms with Crippen LogP contribution in [-0.2, 0) is 20.8 Å².